The van der Waals surface area contributed by atoms with Crippen LogP contribution in [0, 0.1) is 11.8 Å². The van der Waals surface area contributed by atoms with Crippen molar-refractivity contribution in [2.45, 2.75) is 31.8 Å². The standard InChI is InChI=1S/C12H19N3O/c13-12(10-3-4-16-7-10)11-5-14-8-15(11)6-9-1-2-9/h5,8-10,12H,1-4,6-7,13H2. The van der Waals surface area contributed by atoms with Crippen LogP contribution in [0.15, 0.2) is 12.5 Å². The zero-order valence-corrected chi connectivity index (χ0v) is 9.51. The number of nitrogens with zero attached hydrogens (tertiary/aromatic N) is 2. The fourth-order valence-corrected chi connectivity index (χ4v) is 2.42. The molecule has 88 valence electrons. The van der Waals surface area contributed by atoms with Gasteiger partial charge in [0.1, 0.15) is 0 Å². The van der Waals surface area contributed by atoms with Gasteiger partial charge in [0.2, 0.25) is 0 Å². The number of ether oxygens (including phenoxy) is 1. The van der Waals surface area contributed by atoms with Gasteiger partial charge in [-0.25, -0.2) is 4.98 Å². The molecule has 2 atom stereocenters. The summed E-state index contributed by atoms with van der Waals surface area (Å²) in [6.45, 7) is 2.75. The molecular formula is C12H19N3O. The Morgan fingerprint density at radius 3 is 3.06 bits per heavy atom. The minimum Gasteiger partial charge on any atom is -0.381 e. The molecule has 2 unspecified atom stereocenters. The van der Waals surface area contributed by atoms with Crippen molar-refractivity contribution in [2.24, 2.45) is 17.6 Å². The largest absolute Gasteiger partial charge is 0.381 e. The summed E-state index contributed by atoms with van der Waals surface area (Å²) in [4.78, 5) is 4.24. The van der Waals surface area contributed by atoms with Gasteiger partial charge in [0, 0.05) is 25.3 Å². The molecule has 2 fully saturated rings. The van der Waals surface area contributed by atoms with Crippen LogP contribution in [0.4, 0.5) is 0 Å². The van der Waals surface area contributed by atoms with Gasteiger partial charge in [0.25, 0.3) is 0 Å². The molecule has 1 aromatic heterocycles. The van der Waals surface area contributed by atoms with E-state index in [-0.39, 0.29) is 6.04 Å². The Morgan fingerprint density at radius 2 is 2.38 bits per heavy atom. The monoisotopic (exact) mass is 221 g/mol. The molecule has 4 nitrogen and oxygen atoms in total. The number of rotatable bonds is 4. The lowest BCUT2D eigenvalue weighted by Gasteiger charge is -2.19. The third-order valence-electron chi connectivity index (χ3n) is 3.71. The van der Waals surface area contributed by atoms with E-state index in [9.17, 15) is 0 Å². The molecule has 2 N–H and O–H groups in total. The van der Waals surface area contributed by atoms with Crippen LogP contribution >= 0.6 is 0 Å². The van der Waals surface area contributed by atoms with E-state index in [2.05, 4.69) is 9.55 Å². The maximum Gasteiger partial charge on any atom is 0.0948 e. The van der Waals surface area contributed by atoms with Crippen molar-refractivity contribution < 1.29 is 4.74 Å². The Morgan fingerprint density at radius 1 is 1.50 bits per heavy atom. The van der Waals surface area contributed by atoms with E-state index >= 15 is 0 Å². The Balaban J connectivity index is 1.73. The second-order valence-corrected chi connectivity index (χ2v) is 5.06. The quantitative estimate of drug-likeness (QED) is 0.834. The van der Waals surface area contributed by atoms with E-state index in [1.165, 1.54) is 18.5 Å². The third kappa shape index (κ3) is 1.99. The lowest BCUT2D eigenvalue weighted by atomic mass is 9.97. The first-order chi connectivity index (χ1) is 7.84. The highest BCUT2D eigenvalue weighted by Crippen LogP contribution is 2.33. The number of hydrogen-bond acceptors (Lipinski definition) is 3. The predicted octanol–water partition coefficient (Wildman–Crippen LogP) is 1.33. The fourth-order valence-electron chi connectivity index (χ4n) is 2.42. The molecule has 4 heteroatoms. The van der Waals surface area contributed by atoms with E-state index in [1.54, 1.807) is 0 Å². The van der Waals surface area contributed by atoms with Gasteiger partial charge in [-0.15, -0.1) is 0 Å². The molecule has 1 aliphatic heterocycles. The first-order valence-electron chi connectivity index (χ1n) is 6.18. The van der Waals surface area contributed by atoms with Crippen molar-refractivity contribution in [1.82, 2.24) is 9.55 Å². The molecule has 0 radical (unpaired) electrons. The molecule has 16 heavy (non-hydrogen) atoms. The zero-order chi connectivity index (χ0) is 11.0. The van der Waals surface area contributed by atoms with Crippen molar-refractivity contribution in [2.75, 3.05) is 13.2 Å². The molecular weight excluding hydrogens is 202 g/mol. The molecule has 2 aliphatic rings. The highest BCUT2D eigenvalue weighted by molar-refractivity contribution is 5.07. The van der Waals surface area contributed by atoms with Gasteiger partial charge in [-0.3, -0.25) is 0 Å². The molecule has 1 saturated heterocycles. The van der Waals surface area contributed by atoms with Crippen LogP contribution in [0.3, 0.4) is 0 Å². The van der Waals surface area contributed by atoms with Crippen molar-refractivity contribution in [1.29, 1.82) is 0 Å². The summed E-state index contributed by atoms with van der Waals surface area (Å²) in [7, 11) is 0. The number of hydrogen-bond donors (Lipinski definition) is 1. The van der Waals surface area contributed by atoms with Crippen molar-refractivity contribution in [3.8, 4) is 0 Å². The highest BCUT2D eigenvalue weighted by Gasteiger charge is 2.28. The molecule has 1 saturated carbocycles. The van der Waals surface area contributed by atoms with Gasteiger partial charge in [-0.05, 0) is 25.2 Å². The maximum atomic E-state index is 6.30. The predicted molar refractivity (Wildman–Crippen MR) is 60.8 cm³/mol. The summed E-state index contributed by atoms with van der Waals surface area (Å²) in [5.74, 6) is 1.33. The van der Waals surface area contributed by atoms with Crippen molar-refractivity contribution in [3.05, 3.63) is 18.2 Å². The van der Waals surface area contributed by atoms with Crippen LogP contribution in [-0.4, -0.2) is 22.8 Å². The smallest absolute Gasteiger partial charge is 0.0948 e. The van der Waals surface area contributed by atoms with Gasteiger partial charge in [-0.2, -0.15) is 0 Å². The summed E-state index contributed by atoms with van der Waals surface area (Å²) in [6, 6.07) is 0.0868. The highest BCUT2D eigenvalue weighted by atomic mass is 16.5. The van der Waals surface area contributed by atoms with E-state index in [0.29, 0.717) is 5.92 Å². The van der Waals surface area contributed by atoms with Gasteiger partial charge in [-0.1, -0.05) is 0 Å². The minimum atomic E-state index is 0.0868. The van der Waals surface area contributed by atoms with Gasteiger partial charge in [0.15, 0.2) is 0 Å². The summed E-state index contributed by atoms with van der Waals surface area (Å²) < 4.78 is 7.64. The van der Waals surface area contributed by atoms with Crippen LogP contribution < -0.4 is 5.73 Å². The van der Waals surface area contributed by atoms with Crippen molar-refractivity contribution in [3.63, 3.8) is 0 Å². The molecule has 2 heterocycles. The zero-order valence-electron chi connectivity index (χ0n) is 9.51. The Hall–Kier alpha value is -0.870. The minimum absolute atomic E-state index is 0.0868. The Labute approximate surface area is 95.8 Å². The number of aromatic nitrogens is 2. The first kappa shape index (κ1) is 10.3. The number of nitrogens with two attached hydrogens (primary N) is 1. The summed E-state index contributed by atoms with van der Waals surface area (Å²) in [5, 5.41) is 0. The molecule has 1 aromatic rings. The molecule has 0 amide bonds. The van der Waals surface area contributed by atoms with Crippen LogP contribution in [0.1, 0.15) is 31.0 Å². The van der Waals surface area contributed by atoms with Gasteiger partial charge >= 0.3 is 0 Å². The number of imidazole rings is 1. The molecule has 0 spiro atoms. The fraction of sp³-hybridized carbons (Fsp3) is 0.750. The second-order valence-electron chi connectivity index (χ2n) is 5.06. The van der Waals surface area contributed by atoms with Crippen molar-refractivity contribution >= 4 is 0 Å². The van der Waals surface area contributed by atoms with Crippen LogP contribution in [-0.2, 0) is 11.3 Å². The lowest BCUT2D eigenvalue weighted by Crippen LogP contribution is -2.24. The van der Waals surface area contributed by atoms with E-state index in [4.69, 9.17) is 10.5 Å². The Kier molecular flexibility index (Phi) is 2.69. The molecule has 0 aromatic carbocycles. The Bertz CT molecular complexity index is 353. The SMILES string of the molecule is NC(c1cncn1CC1CC1)C1CCOC1. The topological polar surface area (TPSA) is 53.1 Å². The molecule has 1 aliphatic carbocycles. The average molecular weight is 221 g/mol. The normalized spacial score (nSPS) is 27.2. The van der Waals surface area contributed by atoms with Crippen LogP contribution in [0.5, 0.6) is 0 Å². The summed E-state index contributed by atoms with van der Waals surface area (Å²) >= 11 is 0. The second kappa shape index (κ2) is 4.18. The van der Waals surface area contributed by atoms with Crippen LogP contribution in [0.2, 0.25) is 0 Å². The summed E-state index contributed by atoms with van der Waals surface area (Å²) in [5.41, 5.74) is 7.48. The maximum absolute atomic E-state index is 6.30. The van der Waals surface area contributed by atoms with E-state index in [1.807, 2.05) is 12.5 Å². The van der Waals surface area contributed by atoms with Gasteiger partial charge < -0.3 is 15.0 Å². The summed E-state index contributed by atoms with van der Waals surface area (Å²) in [6.07, 6.45) is 7.64. The van der Waals surface area contributed by atoms with Gasteiger partial charge in [0.05, 0.1) is 24.7 Å². The average Bonchev–Trinajstić information content (AvgIpc) is 2.82. The molecule has 0 bridgehead atoms. The van der Waals surface area contributed by atoms with Crippen LogP contribution in [0.25, 0.3) is 0 Å². The third-order valence-corrected chi connectivity index (χ3v) is 3.71. The van der Waals surface area contributed by atoms with E-state index in [0.717, 1.165) is 32.1 Å². The lowest BCUT2D eigenvalue weighted by molar-refractivity contribution is 0.180. The molecule has 3 rings (SSSR count). The van der Waals surface area contributed by atoms with E-state index < -0.39 is 0 Å². The first-order valence-corrected chi connectivity index (χ1v) is 6.18.